The Morgan fingerprint density at radius 3 is 2.39 bits per heavy atom. The molecule has 7 nitrogen and oxygen atoms in total. The zero-order valence-corrected chi connectivity index (χ0v) is 19.5. The van der Waals surface area contributed by atoms with Gasteiger partial charge < -0.3 is 14.2 Å². The van der Waals surface area contributed by atoms with Crippen LogP contribution in [0, 0.1) is 12.3 Å². The molecule has 1 aromatic carbocycles. The summed E-state index contributed by atoms with van der Waals surface area (Å²) in [5.74, 6) is -0.0564. The SMILES string of the molecule is Cc1ccc(N2CCN(CC[C@@H]3CC4(CCN(C(C)S(=O)O)CC4)C(=O)O3)CC2)cc1. The Morgan fingerprint density at radius 2 is 1.77 bits per heavy atom. The van der Waals surface area contributed by atoms with Crippen molar-refractivity contribution >= 4 is 22.7 Å². The molecule has 3 atom stereocenters. The number of piperazine rings is 1. The molecule has 2 unspecified atom stereocenters. The molecule has 172 valence electrons. The van der Waals surface area contributed by atoms with E-state index in [1.165, 1.54) is 11.3 Å². The van der Waals surface area contributed by atoms with E-state index in [2.05, 4.69) is 41.0 Å². The second-order valence-electron chi connectivity index (χ2n) is 9.38. The van der Waals surface area contributed by atoms with Crippen molar-refractivity contribution in [1.82, 2.24) is 9.80 Å². The molecule has 3 aliphatic heterocycles. The molecule has 3 fully saturated rings. The molecular formula is C23H35N3O4S. The molecule has 1 aromatic rings. The van der Waals surface area contributed by atoms with Gasteiger partial charge in [-0.15, -0.1) is 0 Å². The summed E-state index contributed by atoms with van der Waals surface area (Å²) < 4.78 is 26.5. The number of piperidine rings is 1. The van der Waals surface area contributed by atoms with E-state index in [-0.39, 0.29) is 22.9 Å². The van der Waals surface area contributed by atoms with E-state index in [0.717, 1.165) is 58.4 Å². The van der Waals surface area contributed by atoms with Crippen LogP contribution in [0.4, 0.5) is 5.69 Å². The first-order valence-electron chi connectivity index (χ1n) is 11.5. The molecule has 8 heteroatoms. The fraction of sp³-hybridized carbons (Fsp3) is 0.696. The van der Waals surface area contributed by atoms with Gasteiger partial charge in [-0.2, -0.15) is 0 Å². The standard InChI is InChI=1S/C23H35N3O4S/c1-18-3-5-20(6-4-18)26-15-13-24(14-16-26)10-7-21-17-23(22(27)30-21)8-11-25(12-9-23)19(2)31(28)29/h3-6,19,21H,7-17H2,1-2H3,(H,28,29)/t19?,21-/m1/s1. The van der Waals surface area contributed by atoms with E-state index in [0.29, 0.717) is 13.1 Å². The zero-order chi connectivity index (χ0) is 22.0. The normalized spacial score (nSPS) is 26.7. The number of aryl methyl sites for hydroxylation is 1. The summed E-state index contributed by atoms with van der Waals surface area (Å²) in [6, 6.07) is 8.74. The highest BCUT2D eigenvalue weighted by molar-refractivity contribution is 7.79. The number of anilines is 1. The summed E-state index contributed by atoms with van der Waals surface area (Å²) in [7, 11) is 0. The first-order chi connectivity index (χ1) is 14.9. The van der Waals surface area contributed by atoms with Crippen LogP contribution in [0.3, 0.4) is 0 Å². The molecule has 31 heavy (non-hydrogen) atoms. The van der Waals surface area contributed by atoms with Crippen LogP contribution in [-0.2, 0) is 20.6 Å². The Morgan fingerprint density at radius 1 is 1.13 bits per heavy atom. The number of hydrogen-bond acceptors (Lipinski definition) is 6. The number of rotatable bonds is 6. The number of esters is 1. The maximum Gasteiger partial charge on any atom is 0.312 e. The van der Waals surface area contributed by atoms with Gasteiger partial charge in [0.05, 0.1) is 5.41 Å². The largest absolute Gasteiger partial charge is 0.462 e. The summed E-state index contributed by atoms with van der Waals surface area (Å²) in [4.78, 5) is 19.6. The maximum absolute atomic E-state index is 12.7. The number of benzene rings is 1. The molecule has 0 amide bonds. The van der Waals surface area contributed by atoms with E-state index in [4.69, 9.17) is 4.74 Å². The van der Waals surface area contributed by atoms with Crippen molar-refractivity contribution in [3.05, 3.63) is 29.8 Å². The quantitative estimate of drug-likeness (QED) is 0.528. The van der Waals surface area contributed by atoms with Crippen molar-refractivity contribution in [1.29, 1.82) is 0 Å². The molecule has 3 aliphatic rings. The van der Waals surface area contributed by atoms with Crippen LogP contribution in [0.25, 0.3) is 0 Å². The Labute approximate surface area is 188 Å². The highest BCUT2D eigenvalue weighted by Gasteiger charge is 2.50. The average molecular weight is 450 g/mol. The van der Waals surface area contributed by atoms with Crippen LogP contribution in [0.15, 0.2) is 24.3 Å². The lowest BCUT2D eigenvalue weighted by Crippen LogP contribution is -2.47. The molecule has 1 spiro atoms. The third-order valence-electron chi connectivity index (χ3n) is 7.43. The van der Waals surface area contributed by atoms with Crippen LogP contribution in [-0.4, -0.2) is 81.8 Å². The van der Waals surface area contributed by atoms with Gasteiger partial charge in [-0.05, 0) is 45.2 Å². The second-order valence-corrected chi connectivity index (χ2v) is 10.6. The fourth-order valence-electron chi connectivity index (χ4n) is 5.16. The van der Waals surface area contributed by atoms with Crippen molar-refractivity contribution in [3.8, 4) is 0 Å². The molecule has 0 aromatic heterocycles. The molecule has 0 aliphatic carbocycles. The van der Waals surface area contributed by atoms with E-state index >= 15 is 0 Å². The third kappa shape index (κ3) is 5.13. The molecule has 4 rings (SSSR count). The van der Waals surface area contributed by atoms with Crippen LogP contribution in [0.1, 0.15) is 38.2 Å². The van der Waals surface area contributed by atoms with E-state index in [1.807, 2.05) is 4.90 Å². The van der Waals surface area contributed by atoms with Crippen molar-refractivity contribution in [3.63, 3.8) is 0 Å². The van der Waals surface area contributed by atoms with E-state index < -0.39 is 11.1 Å². The van der Waals surface area contributed by atoms with Crippen molar-refractivity contribution < 1.29 is 18.3 Å². The smallest absolute Gasteiger partial charge is 0.312 e. The molecule has 0 saturated carbocycles. The van der Waals surface area contributed by atoms with Crippen LogP contribution >= 0.6 is 0 Å². The minimum Gasteiger partial charge on any atom is -0.462 e. The number of carbonyl (C=O) groups excluding carboxylic acids is 1. The summed E-state index contributed by atoms with van der Waals surface area (Å²) >= 11 is -1.86. The first kappa shape index (κ1) is 22.7. The molecule has 3 heterocycles. The molecule has 3 saturated heterocycles. The van der Waals surface area contributed by atoms with Gasteiger partial charge in [-0.25, -0.2) is 4.21 Å². The van der Waals surface area contributed by atoms with Crippen molar-refractivity contribution in [2.24, 2.45) is 5.41 Å². The Hall–Kier alpha value is -1.48. The molecule has 0 radical (unpaired) electrons. The number of nitrogens with zero attached hydrogens (tertiary/aromatic N) is 3. The van der Waals surface area contributed by atoms with E-state index in [9.17, 15) is 13.6 Å². The fourth-order valence-corrected chi connectivity index (χ4v) is 5.63. The van der Waals surface area contributed by atoms with Crippen molar-refractivity contribution in [2.45, 2.75) is 51.0 Å². The Balaban J connectivity index is 1.22. The summed E-state index contributed by atoms with van der Waals surface area (Å²) in [6.45, 7) is 10.3. The predicted octanol–water partition coefficient (Wildman–Crippen LogP) is 2.47. The average Bonchev–Trinajstić information content (AvgIpc) is 3.08. The third-order valence-corrected chi connectivity index (χ3v) is 8.31. The predicted molar refractivity (Wildman–Crippen MR) is 122 cm³/mol. The topological polar surface area (TPSA) is 73.3 Å². The molecule has 1 N–H and O–H groups in total. The lowest BCUT2D eigenvalue weighted by atomic mass is 9.76. The summed E-state index contributed by atoms with van der Waals surface area (Å²) in [5, 5.41) is -0.385. The van der Waals surface area contributed by atoms with E-state index in [1.54, 1.807) is 6.92 Å². The lowest BCUT2D eigenvalue weighted by molar-refractivity contribution is -0.151. The summed E-state index contributed by atoms with van der Waals surface area (Å²) in [6.07, 6.45) is 3.12. The minimum absolute atomic E-state index is 0.00132. The molecule has 0 bridgehead atoms. The van der Waals surface area contributed by atoms with Crippen molar-refractivity contribution in [2.75, 3.05) is 50.7 Å². The van der Waals surface area contributed by atoms with Gasteiger partial charge in [0.2, 0.25) is 0 Å². The number of cyclic esters (lactones) is 1. The minimum atomic E-state index is -1.86. The van der Waals surface area contributed by atoms with Gasteiger partial charge in [0, 0.05) is 57.9 Å². The highest BCUT2D eigenvalue weighted by atomic mass is 32.2. The number of likely N-dealkylation sites (tertiary alicyclic amines) is 1. The highest BCUT2D eigenvalue weighted by Crippen LogP contribution is 2.44. The Bertz CT molecular complexity index is 787. The van der Waals surface area contributed by atoms with Crippen LogP contribution in [0.2, 0.25) is 0 Å². The first-order valence-corrected chi connectivity index (χ1v) is 12.6. The number of hydrogen-bond donors (Lipinski definition) is 1. The van der Waals surface area contributed by atoms with Gasteiger partial charge in [-0.3, -0.25) is 14.6 Å². The number of ether oxygens (including phenoxy) is 1. The van der Waals surface area contributed by atoms with Gasteiger partial charge >= 0.3 is 5.97 Å². The summed E-state index contributed by atoms with van der Waals surface area (Å²) in [5.41, 5.74) is 2.19. The Kier molecular flexibility index (Phi) is 7.01. The van der Waals surface area contributed by atoms with Gasteiger partial charge in [-0.1, -0.05) is 17.7 Å². The molecular weight excluding hydrogens is 414 g/mol. The van der Waals surface area contributed by atoms with Gasteiger partial charge in [0.15, 0.2) is 11.1 Å². The van der Waals surface area contributed by atoms with Gasteiger partial charge in [0.1, 0.15) is 11.5 Å². The second kappa shape index (κ2) is 9.57. The number of carbonyl (C=O) groups is 1. The van der Waals surface area contributed by atoms with Crippen LogP contribution in [0.5, 0.6) is 0 Å². The van der Waals surface area contributed by atoms with Crippen LogP contribution < -0.4 is 4.90 Å². The maximum atomic E-state index is 12.7. The lowest BCUT2D eigenvalue weighted by Gasteiger charge is -2.38. The van der Waals surface area contributed by atoms with Gasteiger partial charge in [0.25, 0.3) is 0 Å². The monoisotopic (exact) mass is 449 g/mol. The zero-order valence-electron chi connectivity index (χ0n) is 18.7.